The standard InChI is InChI=1S/C73H47N3O3/c1-5-18-48(19-6-1)51-24-15-30-59(40-51)76(60-31-16-25-52(41-60)54-35-39-69-64(44-54)63-43-53(34-38-68(63)77-69)49-20-7-2-8-21-49)67-46-56(50-22-9-3-10-23-50)45-65-62-37-36-61(47-71(62)78-72(65)67)75(57-27-11-4-12-28-57)58-29-17-26-55(42-58)73-74-66-32-13-14-33-70(66)79-73/h1-47H. The smallest absolute Gasteiger partial charge is 0.227 e. The lowest BCUT2D eigenvalue weighted by atomic mass is 9.98. The third-order valence-corrected chi connectivity index (χ3v) is 15.0. The predicted octanol–water partition coefficient (Wildman–Crippen LogP) is 20.9. The second-order valence-corrected chi connectivity index (χ2v) is 19.9. The van der Waals surface area contributed by atoms with Crippen LogP contribution in [0.5, 0.6) is 0 Å². The van der Waals surface area contributed by atoms with Gasteiger partial charge in [0.05, 0.1) is 5.69 Å². The quantitative estimate of drug-likeness (QED) is 0.129. The Hall–Kier alpha value is -10.7. The fourth-order valence-electron chi connectivity index (χ4n) is 11.2. The van der Waals surface area contributed by atoms with Crippen molar-refractivity contribution in [2.24, 2.45) is 0 Å². The Morgan fingerprint density at radius 3 is 1.34 bits per heavy atom. The molecular weight excluding hydrogens is 967 g/mol. The van der Waals surface area contributed by atoms with E-state index < -0.39 is 0 Å². The van der Waals surface area contributed by atoms with E-state index in [1.165, 1.54) is 5.56 Å². The maximum Gasteiger partial charge on any atom is 0.227 e. The summed E-state index contributed by atoms with van der Waals surface area (Å²) in [7, 11) is 0. The first-order valence-electron chi connectivity index (χ1n) is 26.6. The molecule has 12 aromatic carbocycles. The fourth-order valence-corrected chi connectivity index (χ4v) is 11.2. The Balaban J connectivity index is 0.912. The van der Waals surface area contributed by atoms with Crippen molar-refractivity contribution >= 4 is 89.1 Å². The van der Waals surface area contributed by atoms with Gasteiger partial charge in [-0.3, -0.25) is 0 Å². The van der Waals surface area contributed by atoms with E-state index in [1.807, 2.05) is 36.4 Å². The lowest BCUT2D eigenvalue weighted by Gasteiger charge is -2.27. The number of anilines is 6. The van der Waals surface area contributed by atoms with Crippen LogP contribution in [0.25, 0.3) is 111 Å². The van der Waals surface area contributed by atoms with Gasteiger partial charge in [-0.2, -0.15) is 0 Å². The van der Waals surface area contributed by atoms with Crippen molar-refractivity contribution in [3.8, 4) is 56.0 Å². The van der Waals surface area contributed by atoms with E-state index in [2.05, 4.69) is 259 Å². The summed E-state index contributed by atoms with van der Waals surface area (Å²) in [6.07, 6.45) is 0. The van der Waals surface area contributed by atoms with Crippen molar-refractivity contribution in [3.05, 3.63) is 285 Å². The first-order chi connectivity index (χ1) is 39.1. The third kappa shape index (κ3) is 8.36. The number of hydrogen-bond donors (Lipinski definition) is 0. The monoisotopic (exact) mass is 1010 g/mol. The molecule has 0 bridgehead atoms. The van der Waals surface area contributed by atoms with Gasteiger partial charge in [0.15, 0.2) is 11.2 Å². The predicted molar refractivity (Wildman–Crippen MR) is 325 cm³/mol. The Bertz CT molecular complexity index is 4700. The van der Waals surface area contributed by atoms with E-state index >= 15 is 0 Å². The molecule has 0 spiro atoms. The Kier molecular flexibility index (Phi) is 11.1. The molecule has 0 radical (unpaired) electrons. The first-order valence-corrected chi connectivity index (χ1v) is 26.6. The maximum absolute atomic E-state index is 7.34. The van der Waals surface area contributed by atoms with Crippen LogP contribution < -0.4 is 9.80 Å². The van der Waals surface area contributed by atoms with Gasteiger partial charge in [0, 0.05) is 61.6 Å². The Morgan fingerprint density at radius 1 is 0.241 bits per heavy atom. The van der Waals surface area contributed by atoms with Crippen LogP contribution >= 0.6 is 0 Å². The van der Waals surface area contributed by atoms with E-state index in [0.29, 0.717) is 5.89 Å². The largest absolute Gasteiger partial charge is 0.456 e. The second kappa shape index (κ2) is 19.2. The summed E-state index contributed by atoms with van der Waals surface area (Å²) in [6, 6.07) is 100. The molecule has 0 N–H and O–H groups in total. The van der Waals surface area contributed by atoms with Crippen LogP contribution in [-0.2, 0) is 0 Å². The van der Waals surface area contributed by atoms with Crippen LogP contribution in [0.2, 0.25) is 0 Å². The summed E-state index contributed by atoms with van der Waals surface area (Å²) in [5.41, 5.74) is 20.4. The van der Waals surface area contributed by atoms with Gasteiger partial charge in [-0.25, -0.2) is 4.98 Å². The summed E-state index contributed by atoms with van der Waals surface area (Å²) in [5, 5.41) is 4.18. The van der Waals surface area contributed by atoms with Gasteiger partial charge >= 0.3 is 0 Å². The maximum atomic E-state index is 7.34. The van der Waals surface area contributed by atoms with Crippen molar-refractivity contribution in [3.63, 3.8) is 0 Å². The first kappa shape index (κ1) is 45.7. The number of rotatable bonds is 11. The topological polar surface area (TPSA) is 58.8 Å². The minimum absolute atomic E-state index is 0.570. The van der Waals surface area contributed by atoms with Crippen LogP contribution in [0.3, 0.4) is 0 Å². The summed E-state index contributed by atoms with van der Waals surface area (Å²) < 4.78 is 20.1. The molecule has 6 nitrogen and oxygen atoms in total. The molecule has 372 valence electrons. The van der Waals surface area contributed by atoms with E-state index in [0.717, 1.165) is 134 Å². The number of benzene rings is 12. The van der Waals surface area contributed by atoms with Gasteiger partial charge in [-0.1, -0.05) is 164 Å². The zero-order valence-electron chi connectivity index (χ0n) is 42.7. The molecular formula is C73H47N3O3. The molecule has 0 fully saturated rings. The lowest BCUT2D eigenvalue weighted by molar-refractivity contribution is 0.620. The van der Waals surface area contributed by atoms with Crippen LogP contribution in [0.4, 0.5) is 34.1 Å². The highest BCUT2D eigenvalue weighted by atomic mass is 16.3. The van der Waals surface area contributed by atoms with Crippen LogP contribution in [0, 0.1) is 0 Å². The van der Waals surface area contributed by atoms with E-state index in [4.69, 9.17) is 18.2 Å². The van der Waals surface area contributed by atoms with Gasteiger partial charge in [-0.15, -0.1) is 0 Å². The van der Waals surface area contributed by atoms with Crippen molar-refractivity contribution in [1.82, 2.24) is 4.98 Å². The average molecular weight is 1010 g/mol. The lowest BCUT2D eigenvalue weighted by Crippen LogP contribution is -2.11. The highest BCUT2D eigenvalue weighted by Crippen LogP contribution is 2.48. The van der Waals surface area contributed by atoms with Gasteiger partial charge in [0.25, 0.3) is 0 Å². The molecule has 0 aliphatic heterocycles. The number of oxazole rings is 1. The van der Waals surface area contributed by atoms with Crippen molar-refractivity contribution in [1.29, 1.82) is 0 Å². The van der Waals surface area contributed by atoms with Crippen molar-refractivity contribution in [2.45, 2.75) is 0 Å². The Labute approximate surface area is 455 Å². The average Bonchev–Trinajstić information content (AvgIpc) is 4.47. The van der Waals surface area contributed by atoms with E-state index in [1.54, 1.807) is 0 Å². The summed E-state index contributed by atoms with van der Waals surface area (Å²) in [4.78, 5) is 9.47. The van der Waals surface area contributed by atoms with Gasteiger partial charge in [0.1, 0.15) is 22.3 Å². The molecule has 3 heterocycles. The second-order valence-electron chi connectivity index (χ2n) is 19.9. The molecule has 15 aromatic rings. The SMILES string of the molecule is c1ccc(-c2cccc(N(c3cccc(-c4ccc5oc6ccc(-c7ccccc7)cc6c5c4)c3)c3cc(-c4ccccc4)cc4c3oc3cc(N(c5ccccc5)c5cccc(-c6nc7ccccc7o6)c5)ccc34)c2)cc1. The molecule has 0 aliphatic carbocycles. The number of fused-ring (bicyclic) bond motifs is 7. The zero-order valence-corrected chi connectivity index (χ0v) is 42.7. The van der Waals surface area contributed by atoms with Gasteiger partial charge in [-0.05, 0) is 160 Å². The van der Waals surface area contributed by atoms with Crippen LogP contribution in [0.15, 0.2) is 298 Å². The molecule has 3 aromatic heterocycles. The summed E-state index contributed by atoms with van der Waals surface area (Å²) in [5.74, 6) is 0.570. The number of hydrogen-bond acceptors (Lipinski definition) is 6. The van der Waals surface area contributed by atoms with Gasteiger partial charge in [0.2, 0.25) is 5.89 Å². The molecule has 0 unspecified atom stereocenters. The molecule has 79 heavy (non-hydrogen) atoms. The van der Waals surface area contributed by atoms with E-state index in [-0.39, 0.29) is 0 Å². The molecule has 0 atom stereocenters. The number of aromatic nitrogens is 1. The number of para-hydroxylation sites is 3. The molecule has 15 rings (SSSR count). The zero-order chi connectivity index (χ0) is 52.2. The normalized spacial score (nSPS) is 11.5. The molecule has 0 aliphatic rings. The highest BCUT2D eigenvalue weighted by molar-refractivity contribution is 6.13. The van der Waals surface area contributed by atoms with Crippen molar-refractivity contribution in [2.75, 3.05) is 9.80 Å². The Morgan fingerprint density at radius 2 is 0.709 bits per heavy atom. The third-order valence-electron chi connectivity index (χ3n) is 15.0. The van der Waals surface area contributed by atoms with Crippen LogP contribution in [-0.4, -0.2) is 4.98 Å². The molecule has 0 saturated carbocycles. The number of nitrogens with zero attached hydrogens (tertiary/aromatic N) is 3. The summed E-state index contributed by atoms with van der Waals surface area (Å²) in [6.45, 7) is 0. The minimum Gasteiger partial charge on any atom is -0.456 e. The fraction of sp³-hybridized carbons (Fsp3) is 0. The number of furan rings is 2. The minimum atomic E-state index is 0.570. The molecule has 6 heteroatoms. The summed E-state index contributed by atoms with van der Waals surface area (Å²) >= 11 is 0. The highest BCUT2D eigenvalue weighted by Gasteiger charge is 2.24. The van der Waals surface area contributed by atoms with Crippen molar-refractivity contribution < 1.29 is 13.3 Å². The van der Waals surface area contributed by atoms with Crippen LogP contribution in [0.1, 0.15) is 0 Å². The molecule has 0 saturated heterocycles. The van der Waals surface area contributed by atoms with E-state index in [9.17, 15) is 0 Å². The van der Waals surface area contributed by atoms with Gasteiger partial charge < -0.3 is 23.1 Å². The molecule has 0 amide bonds.